The van der Waals surface area contributed by atoms with Crippen LogP contribution in [0, 0.1) is 5.41 Å². The molecule has 0 radical (unpaired) electrons. The Kier molecular flexibility index (Phi) is 5.09. The minimum atomic E-state index is 0.234. The average Bonchev–Trinajstić information content (AvgIpc) is 2.35. The maximum Gasteiger partial charge on any atom is 0.120 e. The van der Waals surface area contributed by atoms with Crippen LogP contribution < -0.4 is 10.1 Å². The highest BCUT2D eigenvalue weighted by Gasteiger charge is 2.27. The Morgan fingerprint density at radius 3 is 2.85 bits per heavy atom. The molecule has 2 rings (SSSR count). The summed E-state index contributed by atoms with van der Waals surface area (Å²) >= 11 is 0. The van der Waals surface area contributed by atoms with Crippen LogP contribution in [0.3, 0.4) is 0 Å². The molecule has 2 heteroatoms. The van der Waals surface area contributed by atoms with E-state index in [0.717, 1.165) is 12.3 Å². The summed E-state index contributed by atoms with van der Waals surface area (Å²) in [7, 11) is 0. The van der Waals surface area contributed by atoms with Crippen LogP contribution in [0.15, 0.2) is 24.3 Å². The van der Waals surface area contributed by atoms with Gasteiger partial charge in [0.2, 0.25) is 0 Å². The third-order valence-electron chi connectivity index (χ3n) is 4.07. The second-order valence-corrected chi connectivity index (χ2v) is 7.15. The van der Waals surface area contributed by atoms with Crippen LogP contribution in [-0.4, -0.2) is 12.1 Å². The maximum absolute atomic E-state index is 5.75. The summed E-state index contributed by atoms with van der Waals surface area (Å²) in [5.41, 5.74) is 1.81. The lowest BCUT2D eigenvalue weighted by Crippen LogP contribution is -2.36. The van der Waals surface area contributed by atoms with Gasteiger partial charge < -0.3 is 10.1 Å². The van der Waals surface area contributed by atoms with Gasteiger partial charge in [-0.2, -0.15) is 0 Å². The van der Waals surface area contributed by atoms with E-state index in [9.17, 15) is 0 Å². The van der Waals surface area contributed by atoms with Gasteiger partial charge in [0.15, 0.2) is 0 Å². The first-order chi connectivity index (χ1) is 9.44. The van der Waals surface area contributed by atoms with E-state index in [4.69, 9.17) is 4.74 Å². The van der Waals surface area contributed by atoms with Gasteiger partial charge >= 0.3 is 0 Å². The Bertz CT molecular complexity index is 425. The first-order valence-corrected chi connectivity index (χ1v) is 7.94. The molecule has 1 aliphatic rings. The van der Waals surface area contributed by atoms with Crippen molar-refractivity contribution in [2.24, 2.45) is 5.41 Å². The van der Waals surface area contributed by atoms with E-state index >= 15 is 0 Å². The molecule has 1 aromatic carbocycles. The van der Waals surface area contributed by atoms with E-state index < -0.39 is 0 Å². The van der Waals surface area contributed by atoms with Crippen LogP contribution in [0.4, 0.5) is 0 Å². The lowest BCUT2D eigenvalue weighted by Gasteiger charge is -2.35. The van der Waals surface area contributed by atoms with Crippen LogP contribution >= 0.6 is 0 Å². The fourth-order valence-electron chi connectivity index (χ4n) is 3.14. The summed E-state index contributed by atoms with van der Waals surface area (Å²) in [5.74, 6) is 0.975. The van der Waals surface area contributed by atoms with E-state index in [2.05, 4.69) is 51.2 Å². The zero-order valence-electron chi connectivity index (χ0n) is 13.4. The second-order valence-electron chi connectivity index (χ2n) is 7.15. The number of rotatable bonds is 5. The normalized spacial score (nSPS) is 21.9. The van der Waals surface area contributed by atoms with E-state index in [1.807, 2.05) is 6.07 Å². The summed E-state index contributed by atoms with van der Waals surface area (Å²) in [5, 5.41) is 3.72. The van der Waals surface area contributed by atoms with Crippen molar-refractivity contribution in [3.8, 4) is 5.75 Å². The molecule has 112 valence electrons. The number of hydrogen-bond acceptors (Lipinski definition) is 2. The van der Waals surface area contributed by atoms with Crippen molar-refractivity contribution in [3.63, 3.8) is 0 Å². The minimum Gasteiger partial charge on any atom is -0.491 e. The van der Waals surface area contributed by atoms with Crippen LogP contribution in [-0.2, 0) is 6.54 Å². The third-order valence-corrected chi connectivity index (χ3v) is 4.07. The molecule has 0 heterocycles. The summed E-state index contributed by atoms with van der Waals surface area (Å²) in [6.45, 7) is 9.84. The number of nitrogens with one attached hydrogen (secondary N) is 1. The standard InChI is InChI=1S/C18H29NO/c1-14(2)20-17-9-5-7-15(11-17)13-19-16-8-6-10-18(3,4)12-16/h5,7,9,11,14,16,19H,6,8,10,12-13H2,1-4H3. The molecule has 1 fully saturated rings. The van der Waals surface area contributed by atoms with E-state index in [1.54, 1.807) is 0 Å². The van der Waals surface area contributed by atoms with Gasteiger partial charge in [0, 0.05) is 12.6 Å². The SMILES string of the molecule is CC(C)Oc1cccc(CNC2CCCC(C)(C)C2)c1. The van der Waals surface area contributed by atoms with Crippen LogP contribution in [0.1, 0.15) is 58.9 Å². The summed E-state index contributed by atoms with van der Waals surface area (Å²) in [4.78, 5) is 0. The Morgan fingerprint density at radius 1 is 1.35 bits per heavy atom. The number of ether oxygens (including phenoxy) is 1. The highest BCUT2D eigenvalue weighted by Crippen LogP contribution is 2.35. The van der Waals surface area contributed by atoms with Gasteiger partial charge in [-0.25, -0.2) is 0 Å². The number of benzene rings is 1. The molecule has 0 aromatic heterocycles. The Hall–Kier alpha value is -1.02. The predicted molar refractivity (Wildman–Crippen MR) is 85.1 cm³/mol. The van der Waals surface area contributed by atoms with Crippen LogP contribution in [0.5, 0.6) is 5.75 Å². The monoisotopic (exact) mass is 275 g/mol. The van der Waals surface area contributed by atoms with Gasteiger partial charge in [-0.15, -0.1) is 0 Å². The third kappa shape index (κ3) is 4.82. The minimum absolute atomic E-state index is 0.234. The molecular weight excluding hydrogens is 246 g/mol. The van der Waals surface area contributed by atoms with Gasteiger partial charge in [0.05, 0.1) is 6.10 Å². The van der Waals surface area contributed by atoms with Crippen molar-refractivity contribution in [2.45, 2.75) is 72.1 Å². The van der Waals surface area contributed by atoms with Gasteiger partial charge in [-0.05, 0) is 56.2 Å². The van der Waals surface area contributed by atoms with E-state index in [1.165, 1.54) is 31.2 Å². The Morgan fingerprint density at radius 2 is 2.15 bits per heavy atom. The molecule has 1 atom stereocenters. The van der Waals surface area contributed by atoms with Crippen molar-refractivity contribution < 1.29 is 4.74 Å². The van der Waals surface area contributed by atoms with Crippen molar-refractivity contribution in [2.75, 3.05) is 0 Å². The highest BCUT2D eigenvalue weighted by molar-refractivity contribution is 5.28. The van der Waals surface area contributed by atoms with Crippen LogP contribution in [0.25, 0.3) is 0 Å². The van der Waals surface area contributed by atoms with Crippen molar-refractivity contribution in [1.29, 1.82) is 0 Å². The quantitative estimate of drug-likeness (QED) is 0.852. The largest absolute Gasteiger partial charge is 0.491 e. The predicted octanol–water partition coefficient (Wildman–Crippen LogP) is 4.53. The van der Waals surface area contributed by atoms with Gasteiger partial charge in [0.1, 0.15) is 5.75 Å². The lowest BCUT2D eigenvalue weighted by molar-refractivity contribution is 0.197. The molecule has 1 N–H and O–H groups in total. The van der Waals surface area contributed by atoms with Crippen molar-refractivity contribution in [1.82, 2.24) is 5.32 Å². The molecule has 0 aliphatic heterocycles. The first kappa shape index (κ1) is 15.4. The summed E-state index contributed by atoms with van der Waals surface area (Å²) < 4.78 is 5.75. The van der Waals surface area contributed by atoms with Crippen LogP contribution in [0.2, 0.25) is 0 Å². The van der Waals surface area contributed by atoms with Gasteiger partial charge in [-0.1, -0.05) is 32.4 Å². The highest BCUT2D eigenvalue weighted by atomic mass is 16.5. The molecule has 1 unspecified atom stereocenters. The zero-order chi connectivity index (χ0) is 14.6. The summed E-state index contributed by atoms with van der Waals surface area (Å²) in [6, 6.07) is 9.11. The fraction of sp³-hybridized carbons (Fsp3) is 0.667. The molecule has 1 aliphatic carbocycles. The molecule has 0 bridgehead atoms. The molecule has 0 saturated heterocycles. The smallest absolute Gasteiger partial charge is 0.120 e. The Balaban J connectivity index is 1.87. The maximum atomic E-state index is 5.75. The molecule has 20 heavy (non-hydrogen) atoms. The number of hydrogen-bond donors (Lipinski definition) is 1. The molecular formula is C18H29NO. The zero-order valence-corrected chi connectivity index (χ0v) is 13.4. The Labute approximate surface area is 123 Å². The second kappa shape index (κ2) is 6.62. The van der Waals surface area contributed by atoms with Crippen molar-refractivity contribution in [3.05, 3.63) is 29.8 Å². The van der Waals surface area contributed by atoms with E-state index in [0.29, 0.717) is 11.5 Å². The molecule has 0 spiro atoms. The average molecular weight is 275 g/mol. The first-order valence-electron chi connectivity index (χ1n) is 7.94. The van der Waals surface area contributed by atoms with E-state index in [-0.39, 0.29) is 6.10 Å². The fourth-order valence-corrected chi connectivity index (χ4v) is 3.14. The lowest BCUT2D eigenvalue weighted by atomic mass is 9.75. The van der Waals surface area contributed by atoms with Gasteiger partial charge in [0.25, 0.3) is 0 Å². The molecule has 2 nitrogen and oxygen atoms in total. The summed E-state index contributed by atoms with van der Waals surface area (Å²) in [6.07, 6.45) is 5.54. The van der Waals surface area contributed by atoms with Crippen molar-refractivity contribution >= 4 is 0 Å². The van der Waals surface area contributed by atoms with Gasteiger partial charge in [-0.3, -0.25) is 0 Å². The molecule has 1 aromatic rings. The topological polar surface area (TPSA) is 21.3 Å². The molecule has 0 amide bonds. The molecule has 1 saturated carbocycles.